The Morgan fingerprint density at radius 2 is 2.21 bits per heavy atom. The second-order valence-electron chi connectivity index (χ2n) is 6.57. The van der Waals surface area contributed by atoms with Crippen molar-refractivity contribution in [1.29, 1.82) is 0 Å². The molecule has 124 valence electrons. The lowest BCUT2D eigenvalue weighted by Gasteiger charge is -2.44. The molecule has 2 amide bonds. The number of hydrogen-bond donors (Lipinski definition) is 1. The first-order chi connectivity index (χ1) is 11.7. The van der Waals surface area contributed by atoms with Gasteiger partial charge in [0.25, 0.3) is 0 Å². The number of fused-ring (bicyclic) bond motifs is 1. The molecule has 1 aromatic heterocycles. The van der Waals surface area contributed by atoms with Crippen LogP contribution in [0.25, 0.3) is 0 Å². The van der Waals surface area contributed by atoms with Crippen molar-refractivity contribution in [3.63, 3.8) is 0 Å². The Kier molecular flexibility index (Phi) is 3.80. The molecule has 1 saturated carbocycles. The molecule has 1 N–H and O–H groups in total. The molecule has 24 heavy (non-hydrogen) atoms. The number of likely N-dealkylation sites (tertiary alicyclic amines) is 1. The van der Waals surface area contributed by atoms with E-state index in [1.807, 2.05) is 29.2 Å². The smallest absolute Gasteiger partial charge is 0.321 e. The number of benzene rings is 1. The SMILES string of the molecule is O=C(Nc1cccc(Cn2cccnc2=O)c1)N1CC2CCCC21. The van der Waals surface area contributed by atoms with Crippen LogP contribution in [0.1, 0.15) is 24.8 Å². The summed E-state index contributed by atoms with van der Waals surface area (Å²) in [6.07, 6.45) is 6.81. The van der Waals surface area contributed by atoms with E-state index in [0.717, 1.165) is 24.2 Å². The Hall–Kier alpha value is -2.63. The van der Waals surface area contributed by atoms with Crippen LogP contribution in [0.4, 0.5) is 10.5 Å². The topological polar surface area (TPSA) is 67.2 Å². The zero-order valence-corrected chi connectivity index (χ0v) is 13.4. The number of nitrogens with one attached hydrogen (secondary N) is 1. The standard InChI is InChI=1S/C18H20N4O2/c23-17-19-8-3-9-21(17)11-13-4-1-6-15(10-13)20-18(24)22-12-14-5-2-7-16(14)22/h1,3-4,6,8-10,14,16H,2,5,7,11-12H2,(H,20,24). The summed E-state index contributed by atoms with van der Waals surface area (Å²) in [4.78, 5) is 29.8. The van der Waals surface area contributed by atoms with Crippen molar-refractivity contribution >= 4 is 11.7 Å². The summed E-state index contributed by atoms with van der Waals surface area (Å²) in [6, 6.07) is 9.75. The molecule has 4 rings (SSSR count). The summed E-state index contributed by atoms with van der Waals surface area (Å²) in [7, 11) is 0. The minimum atomic E-state index is -0.278. The zero-order valence-electron chi connectivity index (χ0n) is 13.4. The molecule has 1 aliphatic heterocycles. The molecule has 1 aromatic carbocycles. The third kappa shape index (κ3) is 2.79. The molecule has 1 aliphatic carbocycles. The molecule has 0 radical (unpaired) electrons. The van der Waals surface area contributed by atoms with Crippen LogP contribution >= 0.6 is 0 Å². The second kappa shape index (κ2) is 6.11. The molecule has 2 unspecified atom stereocenters. The largest absolute Gasteiger partial charge is 0.347 e. The summed E-state index contributed by atoms with van der Waals surface area (Å²) in [5.41, 5.74) is 1.43. The first kappa shape index (κ1) is 14.9. The first-order valence-electron chi connectivity index (χ1n) is 8.39. The quantitative estimate of drug-likeness (QED) is 0.942. The summed E-state index contributed by atoms with van der Waals surface area (Å²) in [5, 5.41) is 2.98. The molecule has 2 heterocycles. The van der Waals surface area contributed by atoms with Crippen LogP contribution in [0.3, 0.4) is 0 Å². The van der Waals surface area contributed by atoms with E-state index in [1.54, 1.807) is 16.8 Å². The van der Waals surface area contributed by atoms with Crippen LogP contribution in [-0.4, -0.2) is 33.1 Å². The Morgan fingerprint density at radius 1 is 1.29 bits per heavy atom. The van der Waals surface area contributed by atoms with Crippen molar-refractivity contribution in [3.05, 3.63) is 58.8 Å². The average molecular weight is 324 g/mol. The summed E-state index contributed by atoms with van der Waals surface area (Å²) < 4.78 is 1.54. The van der Waals surface area contributed by atoms with Crippen LogP contribution < -0.4 is 11.0 Å². The van der Waals surface area contributed by atoms with Crippen molar-refractivity contribution in [2.45, 2.75) is 31.8 Å². The number of carbonyl (C=O) groups is 1. The van der Waals surface area contributed by atoms with Gasteiger partial charge in [-0.05, 0) is 42.5 Å². The number of hydrogen-bond acceptors (Lipinski definition) is 3. The summed E-state index contributed by atoms with van der Waals surface area (Å²) in [6.45, 7) is 1.31. The number of anilines is 1. The maximum absolute atomic E-state index is 12.4. The van der Waals surface area contributed by atoms with Crippen LogP contribution in [0.5, 0.6) is 0 Å². The van der Waals surface area contributed by atoms with Gasteiger partial charge in [-0.15, -0.1) is 0 Å². The van der Waals surface area contributed by atoms with Gasteiger partial charge in [-0.3, -0.25) is 4.57 Å². The fourth-order valence-corrected chi connectivity index (χ4v) is 3.77. The molecule has 6 heteroatoms. The third-order valence-corrected chi connectivity index (χ3v) is 5.03. The summed E-state index contributed by atoms with van der Waals surface area (Å²) >= 11 is 0. The molecule has 0 spiro atoms. The maximum atomic E-state index is 12.4. The summed E-state index contributed by atoms with van der Waals surface area (Å²) in [5.74, 6) is 0.708. The van der Waals surface area contributed by atoms with Gasteiger partial charge < -0.3 is 10.2 Å². The van der Waals surface area contributed by atoms with Gasteiger partial charge in [0.2, 0.25) is 0 Å². The van der Waals surface area contributed by atoms with Gasteiger partial charge in [0, 0.05) is 30.7 Å². The van der Waals surface area contributed by atoms with Gasteiger partial charge in [-0.2, -0.15) is 0 Å². The van der Waals surface area contributed by atoms with E-state index in [2.05, 4.69) is 10.3 Å². The molecule has 2 fully saturated rings. The maximum Gasteiger partial charge on any atom is 0.347 e. The number of urea groups is 1. The molecule has 2 aliphatic rings. The van der Waals surface area contributed by atoms with E-state index in [0.29, 0.717) is 18.5 Å². The van der Waals surface area contributed by atoms with Crippen molar-refractivity contribution < 1.29 is 4.79 Å². The number of amides is 2. The fraction of sp³-hybridized carbons (Fsp3) is 0.389. The van der Waals surface area contributed by atoms with Crippen LogP contribution in [-0.2, 0) is 6.54 Å². The highest BCUT2D eigenvalue weighted by Gasteiger charge is 2.44. The molecule has 6 nitrogen and oxygen atoms in total. The van der Waals surface area contributed by atoms with Gasteiger partial charge in [0.15, 0.2) is 0 Å². The lowest BCUT2D eigenvalue weighted by atomic mass is 9.92. The monoisotopic (exact) mass is 324 g/mol. The molecule has 1 saturated heterocycles. The number of aromatic nitrogens is 2. The Bertz CT molecular complexity index is 816. The highest BCUT2D eigenvalue weighted by atomic mass is 16.2. The predicted octanol–water partition coefficient (Wildman–Crippen LogP) is 2.31. The van der Waals surface area contributed by atoms with Gasteiger partial charge in [0.1, 0.15) is 0 Å². The van der Waals surface area contributed by atoms with E-state index in [-0.39, 0.29) is 11.7 Å². The van der Waals surface area contributed by atoms with E-state index in [1.165, 1.54) is 19.0 Å². The van der Waals surface area contributed by atoms with Crippen LogP contribution in [0, 0.1) is 5.92 Å². The van der Waals surface area contributed by atoms with Crippen LogP contribution in [0.2, 0.25) is 0 Å². The Labute approximate surface area is 140 Å². The number of rotatable bonds is 3. The van der Waals surface area contributed by atoms with Crippen molar-refractivity contribution in [2.75, 3.05) is 11.9 Å². The van der Waals surface area contributed by atoms with Gasteiger partial charge in [0.05, 0.1) is 6.54 Å². The lowest BCUT2D eigenvalue weighted by molar-refractivity contribution is 0.0797. The van der Waals surface area contributed by atoms with E-state index < -0.39 is 0 Å². The highest BCUT2D eigenvalue weighted by Crippen LogP contribution is 2.39. The lowest BCUT2D eigenvalue weighted by Crippen LogP contribution is -2.57. The van der Waals surface area contributed by atoms with E-state index in [4.69, 9.17) is 0 Å². The van der Waals surface area contributed by atoms with Gasteiger partial charge >= 0.3 is 11.7 Å². The van der Waals surface area contributed by atoms with E-state index in [9.17, 15) is 9.59 Å². The minimum Gasteiger partial charge on any atom is -0.321 e. The second-order valence-corrected chi connectivity index (χ2v) is 6.57. The van der Waals surface area contributed by atoms with Crippen molar-refractivity contribution in [3.8, 4) is 0 Å². The van der Waals surface area contributed by atoms with Gasteiger partial charge in [-0.25, -0.2) is 14.6 Å². The molecule has 2 aromatic rings. The molecular weight excluding hydrogens is 304 g/mol. The normalized spacial score (nSPS) is 21.9. The molecule has 0 bridgehead atoms. The third-order valence-electron chi connectivity index (χ3n) is 5.03. The predicted molar refractivity (Wildman–Crippen MR) is 90.9 cm³/mol. The first-order valence-corrected chi connectivity index (χ1v) is 8.39. The molecule has 2 atom stereocenters. The fourth-order valence-electron chi connectivity index (χ4n) is 3.77. The Balaban J connectivity index is 1.44. The Morgan fingerprint density at radius 3 is 3.04 bits per heavy atom. The number of nitrogens with zero attached hydrogens (tertiary/aromatic N) is 3. The minimum absolute atomic E-state index is 0.0196. The highest BCUT2D eigenvalue weighted by molar-refractivity contribution is 5.90. The van der Waals surface area contributed by atoms with Crippen molar-refractivity contribution in [1.82, 2.24) is 14.5 Å². The zero-order chi connectivity index (χ0) is 16.5. The van der Waals surface area contributed by atoms with Crippen LogP contribution in [0.15, 0.2) is 47.5 Å². The average Bonchev–Trinajstić information content (AvgIpc) is 2.91. The van der Waals surface area contributed by atoms with E-state index >= 15 is 0 Å². The van der Waals surface area contributed by atoms with Crippen molar-refractivity contribution in [2.24, 2.45) is 5.92 Å². The van der Waals surface area contributed by atoms with Gasteiger partial charge in [-0.1, -0.05) is 18.6 Å². The number of carbonyl (C=O) groups excluding carboxylic acids is 1. The molecular formula is C18H20N4O2.